The summed E-state index contributed by atoms with van der Waals surface area (Å²) in [6, 6.07) is -0.688. The molecule has 1 rings (SSSR count). The number of hydrogen-bond acceptors (Lipinski definition) is 4. The first-order valence-corrected chi connectivity index (χ1v) is 4.42. The molecule has 14 heavy (non-hydrogen) atoms. The Labute approximate surface area is 82.5 Å². The molecule has 0 bridgehead atoms. The Morgan fingerprint density at radius 1 is 1.64 bits per heavy atom. The van der Waals surface area contributed by atoms with Gasteiger partial charge in [0, 0.05) is 7.05 Å². The van der Waals surface area contributed by atoms with Crippen molar-refractivity contribution in [2.24, 2.45) is 12.8 Å². The van der Waals surface area contributed by atoms with Gasteiger partial charge in [0.25, 0.3) is 0 Å². The van der Waals surface area contributed by atoms with Gasteiger partial charge in [-0.05, 0) is 13.8 Å². The molecular formula is C8H15N5O. The van der Waals surface area contributed by atoms with Gasteiger partial charge in [0.2, 0.25) is 5.91 Å². The Balaban J connectivity index is 2.64. The van der Waals surface area contributed by atoms with Crippen LogP contribution in [0.2, 0.25) is 0 Å². The number of nitrogens with zero attached hydrogens (tertiary/aromatic N) is 3. The smallest absolute Gasteiger partial charge is 0.237 e. The number of rotatable bonds is 3. The predicted molar refractivity (Wildman–Crippen MR) is 51.2 cm³/mol. The van der Waals surface area contributed by atoms with Crippen molar-refractivity contribution in [1.82, 2.24) is 20.1 Å². The van der Waals surface area contributed by atoms with Crippen LogP contribution in [0.4, 0.5) is 0 Å². The van der Waals surface area contributed by atoms with Crippen LogP contribution in [-0.2, 0) is 11.8 Å². The van der Waals surface area contributed by atoms with Crippen molar-refractivity contribution >= 4 is 5.91 Å². The van der Waals surface area contributed by atoms with Crippen LogP contribution < -0.4 is 11.1 Å². The summed E-state index contributed by atoms with van der Waals surface area (Å²) in [5, 5.41) is 10.3. The molecule has 2 unspecified atom stereocenters. The van der Waals surface area contributed by atoms with Crippen molar-refractivity contribution in [2.75, 3.05) is 0 Å². The molecule has 0 aliphatic carbocycles. The Kier molecular flexibility index (Phi) is 3.19. The van der Waals surface area contributed by atoms with Gasteiger partial charge >= 0.3 is 0 Å². The van der Waals surface area contributed by atoms with Gasteiger partial charge in [0.15, 0.2) is 5.82 Å². The van der Waals surface area contributed by atoms with Crippen LogP contribution in [0.15, 0.2) is 6.33 Å². The van der Waals surface area contributed by atoms with Gasteiger partial charge < -0.3 is 15.6 Å². The van der Waals surface area contributed by atoms with E-state index in [2.05, 4.69) is 15.5 Å². The molecule has 6 nitrogen and oxygen atoms in total. The molecule has 1 aromatic rings. The standard InChI is InChI=1S/C8H15N5O/c1-5(9)8(14)11-6(2)7-12-10-4-13(7)3/h4-6H,9H2,1-3H3,(H,11,14). The first kappa shape index (κ1) is 10.6. The molecule has 3 N–H and O–H groups in total. The van der Waals surface area contributed by atoms with E-state index in [0.717, 1.165) is 0 Å². The summed E-state index contributed by atoms with van der Waals surface area (Å²) >= 11 is 0. The SMILES string of the molecule is CC(N)C(=O)NC(C)c1nncn1C. The molecule has 0 saturated carbocycles. The van der Waals surface area contributed by atoms with Crippen LogP contribution >= 0.6 is 0 Å². The lowest BCUT2D eigenvalue weighted by atomic mass is 10.2. The van der Waals surface area contributed by atoms with E-state index < -0.39 is 6.04 Å². The van der Waals surface area contributed by atoms with Crippen LogP contribution in [0.3, 0.4) is 0 Å². The van der Waals surface area contributed by atoms with Gasteiger partial charge in [-0.1, -0.05) is 0 Å². The first-order valence-electron chi connectivity index (χ1n) is 4.42. The summed E-state index contributed by atoms with van der Waals surface area (Å²) in [6.07, 6.45) is 1.59. The monoisotopic (exact) mass is 197 g/mol. The van der Waals surface area contributed by atoms with Crippen molar-refractivity contribution in [2.45, 2.75) is 25.9 Å². The Morgan fingerprint density at radius 3 is 2.71 bits per heavy atom. The van der Waals surface area contributed by atoms with Crippen LogP contribution in [0.25, 0.3) is 0 Å². The highest BCUT2D eigenvalue weighted by molar-refractivity contribution is 5.81. The van der Waals surface area contributed by atoms with Crippen molar-refractivity contribution in [3.8, 4) is 0 Å². The third kappa shape index (κ3) is 2.29. The highest BCUT2D eigenvalue weighted by Crippen LogP contribution is 2.06. The maximum Gasteiger partial charge on any atom is 0.237 e. The summed E-state index contributed by atoms with van der Waals surface area (Å²) in [7, 11) is 1.82. The number of nitrogens with one attached hydrogen (secondary N) is 1. The van der Waals surface area contributed by atoms with E-state index in [0.29, 0.717) is 5.82 Å². The van der Waals surface area contributed by atoms with Gasteiger partial charge in [-0.2, -0.15) is 0 Å². The Hall–Kier alpha value is -1.43. The second-order valence-electron chi connectivity index (χ2n) is 3.32. The molecule has 0 fully saturated rings. The number of carbonyl (C=O) groups is 1. The van der Waals surface area contributed by atoms with Crippen LogP contribution in [0.1, 0.15) is 25.7 Å². The van der Waals surface area contributed by atoms with E-state index in [9.17, 15) is 4.79 Å². The fraction of sp³-hybridized carbons (Fsp3) is 0.625. The van der Waals surface area contributed by atoms with Crippen molar-refractivity contribution in [1.29, 1.82) is 0 Å². The highest BCUT2D eigenvalue weighted by Gasteiger charge is 2.15. The van der Waals surface area contributed by atoms with Gasteiger partial charge in [0.05, 0.1) is 12.1 Å². The summed E-state index contributed by atoms with van der Waals surface area (Å²) in [5.74, 6) is 0.513. The molecule has 0 aliphatic heterocycles. The summed E-state index contributed by atoms with van der Waals surface area (Å²) < 4.78 is 1.76. The summed E-state index contributed by atoms with van der Waals surface area (Å²) in [4.78, 5) is 11.3. The fourth-order valence-electron chi connectivity index (χ4n) is 1.09. The van der Waals surface area contributed by atoms with E-state index in [1.807, 2.05) is 14.0 Å². The molecule has 1 aromatic heterocycles. The zero-order chi connectivity index (χ0) is 10.7. The van der Waals surface area contributed by atoms with Crippen LogP contribution in [-0.4, -0.2) is 26.7 Å². The van der Waals surface area contributed by atoms with E-state index >= 15 is 0 Å². The molecule has 2 atom stereocenters. The van der Waals surface area contributed by atoms with Gasteiger partial charge in [-0.15, -0.1) is 10.2 Å². The molecule has 0 saturated heterocycles. The summed E-state index contributed by atoms with van der Waals surface area (Å²) in [6.45, 7) is 3.48. The van der Waals surface area contributed by atoms with E-state index in [4.69, 9.17) is 5.73 Å². The lowest BCUT2D eigenvalue weighted by Crippen LogP contribution is -2.40. The third-order valence-corrected chi connectivity index (χ3v) is 1.91. The topological polar surface area (TPSA) is 85.8 Å². The van der Waals surface area contributed by atoms with E-state index in [1.165, 1.54) is 0 Å². The number of nitrogens with two attached hydrogens (primary N) is 1. The number of aromatic nitrogens is 3. The molecule has 78 valence electrons. The number of carbonyl (C=O) groups excluding carboxylic acids is 1. The van der Waals surface area contributed by atoms with Crippen LogP contribution in [0.5, 0.6) is 0 Å². The second kappa shape index (κ2) is 4.19. The van der Waals surface area contributed by atoms with Crippen LogP contribution in [0, 0.1) is 0 Å². The zero-order valence-corrected chi connectivity index (χ0v) is 8.56. The second-order valence-corrected chi connectivity index (χ2v) is 3.32. The number of amides is 1. The van der Waals surface area contributed by atoms with Gasteiger partial charge in [-0.25, -0.2) is 0 Å². The van der Waals surface area contributed by atoms with Crippen molar-refractivity contribution in [3.05, 3.63) is 12.2 Å². The minimum Gasteiger partial charge on any atom is -0.345 e. The lowest BCUT2D eigenvalue weighted by molar-refractivity contribution is -0.122. The first-order chi connectivity index (χ1) is 6.52. The fourth-order valence-corrected chi connectivity index (χ4v) is 1.09. The Bertz CT molecular complexity index is 319. The Morgan fingerprint density at radius 2 is 2.29 bits per heavy atom. The third-order valence-electron chi connectivity index (χ3n) is 1.91. The molecule has 0 spiro atoms. The van der Waals surface area contributed by atoms with Crippen molar-refractivity contribution < 1.29 is 4.79 Å². The normalized spacial score (nSPS) is 14.9. The van der Waals surface area contributed by atoms with Gasteiger partial charge in [-0.3, -0.25) is 4.79 Å². The summed E-state index contributed by atoms with van der Waals surface area (Å²) in [5.41, 5.74) is 5.42. The molecule has 6 heteroatoms. The predicted octanol–water partition coefficient (Wildman–Crippen LogP) is -0.660. The molecule has 0 radical (unpaired) electrons. The number of hydrogen-bond donors (Lipinski definition) is 2. The lowest BCUT2D eigenvalue weighted by Gasteiger charge is -2.14. The minimum atomic E-state index is -0.509. The van der Waals surface area contributed by atoms with Crippen molar-refractivity contribution in [3.63, 3.8) is 0 Å². The average Bonchev–Trinajstić information content (AvgIpc) is 2.51. The maximum absolute atomic E-state index is 11.3. The largest absolute Gasteiger partial charge is 0.345 e. The zero-order valence-electron chi connectivity index (χ0n) is 8.56. The molecule has 0 aliphatic rings. The molecular weight excluding hydrogens is 182 g/mol. The minimum absolute atomic E-state index is 0.180. The quantitative estimate of drug-likeness (QED) is 0.673. The van der Waals surface area contributed by atoms with E-state index in [-0.39, 0.29) is 11.9 Å². The molecule has 0 aromatic carbocycles. The average molecular weight is 197 g/mol. The molecule has 1 amide bonds. The maximum atomic E-state index is 11.3. The molecule has 1 heterocycles. The van der Waals surface area contributed by atoms with E-state index in [1.54, 1.807) is 17.8 Å². The highest BCUT2D eigenvalue weighted by atomic mass is 16.2. The van der Waals surface area contributed by atoms with Gasteiger partial charge in [0.1, 0.15) is 6.33 Å². The number of aryl methyl sites for hydroxylation is 1.